The van der Waals surface area contributed by atoms with Crippen LogP contribution in [-0.2, 0) is 4.74 Å². The van der Waals surface area contributed by atoms with Crippen LogP contribution in [0, 0.1) is 27.7 Å². The minimum absolute atomic E-state index is 0.0328. The average molecular weight is 401 g/mol. The lowest BCUT2D eigenvalue weighted by Gasteiger charge is -2.16. The summed E-state index contributed by atoms with van der Waals surface area (Å²) in [5.41, 5.74) is 4.29. The van der Waals surface area contributed by atoms with Gasteiger partial charge in [-0.3, -0.25) is 9.36 Å². The lowest BCUT2D eigenvalue weighted by Crippen LogP contribution is -2.23. The van der Waals surface area contributed by atoms with Crippen LogP contribution in [0.2, 0.25) is 0 Å². The van der Waals surface area contributed by atoms with E-state index in [9.17, 15) is 4.79 Å². The van der Waals surface area contributed by atoms with Crippen molar-refractivity contribution in [3.8, 4) is 5.69 Å². The van der Waals surface area contributed by atoms with Gasteiger partial charge < -0.3 is 4.74 Å². The van der Waals surface area contributed by atoms with Crippen molar-refractivity contribution in [1.82, 2.24) is 9.55 Å². The molecule has 3 heterocycles. The highest BCUT2D eigenvalue weighted by Crippen LogP contribution is 2.31. The molecule has 0 radical (unpaired) electrons. The van der Waals surface area contributed by atoms with Crippen molar-refractivity contribution in [2.24, 2.45) is 0 Å². The summed E-state index contributed by atoms with van der Waals surface area (Å²) in [6.45, 7) is 9.06. The third-order valence-electron chi connectivity index (χ3n) is 5.41. The molecule has 0 bridgehead atoms. The first-order valence-corrected chi connectivity index (χ1v) is 11.1. The highest BCUT2D eigenvalue weighted by atomic mass is 32.2. The van der Waals surface area contributed by atoms with Gasteiger partial charge in [-0.15, -0.1) is 11.3 Å². The SMILES string of the molecule is Cc1cccc(-n2c(SCC3CCCO3)nc3sc(C)c(C)c3c2=O)c1C. The Balaban J connectivity index is 1.91. The molecule has 27 heavy (non-hydrogen) atoms. The Morgan fingerprint density at radius 2 is 2.07 bits per heavy atom. The number of benzene rings is 1. The monoisotopic (exact) mass is 400 g/mol. The number of hydrogen-bond donors (Lipinski definition) is 0. The zero-order chi connectivity index (χ0) is 19.1. The van der Waals surface area contributed by atoms with Crippen molar-refractivity contribution in [2.75, 3.05) is 12.4 Å². The molecule has 1 aliphatic heterocycles. The first-order chi connectivity index (χ1) is 13.0. The minimum Gasteiger partial charge on any atom is -0.377 e. The fourth-order valence-corrected chi connectivity index (χ4v) is 5.65. The molecular formula is C21H24N2O2S2. The normalized spacial score (nSPS) is 17.1. The third-order valence-corrected chi connectivity index (χ3v) is 7.58. The van der Waals surface area contributed by atoms with Gasteiger partial charge in [-0.25, -0.2) is 4.98 Å². The summed E-state index contributed by atoms with van der Waals surface area (Å²) in [6.07, 6.45) is 2.45. The quantitative estimate of drug-likeness (QED) is 0.459. The third kappa shape index (κ3) is 3.35. The molecule has 1 aliphatic rings. The molecule has 1 saturated heterocycles. The van der Waals surface area contributed by atoms with Gasteiger partial charge in [-0.2, -0.15) is 0 Å². The van der Waals surface area contributed by atoms with E-state index in [2.05, 4.69) is 26.8 Å². The molecular weight excluding hydrogens is 376 g/mol. The van der Waals surface area contributed by atoms with Gasteiger partial charge in [0.1, 0.15) is 4.83 Å². The summed E-state index contributed by atoms with van der Waals surface area (Å²) < 4.78 is 7.58. The molecule has 0 saturated carbocycles. The van der Waals surface area contributed by atoms with Crippen LogP contribution in [0.15, 0.2) is 28.2 Å². The molecule has 4 rings (SSSR count). The fourth-order valence-electron chi connectivity index (χ4n) is 3.51. The molecule has 0 spiro atoms. The molecule has 0 amide bonds. The van der Waals surface area contributed by atoms with Crippen molar-refractivity contribution >= 4 is 33.3 Å². The standard InChI is InChI=1S/C21H24N2O2S2/c1-12-7-5-9-17(13(12)2)23-20(24)18-14(3)15(4)27-19(18)22-21(23)26-11-16-8-6-10-25-16/h5,7,9,16H,6,8,10-11H2,1-4H3. The second kappa shape index (κ2) is 7.41. The van der Waals surface area contributed by atoms with Crippen LogP contribution < -0.4 is 5.56 Å². The molecule has 6 heteroatoms. The first-order valence-electron chi connectivity index (χ1n) is 9.31. The van der Waals surface area contributed by atoms with Crippen molar-refractivity contribution in [3.05, 3.63) is 50.1 Å². The Bertz CT molecular complexity index is 1060. The number of thioether (sulfide) groups is 1. The molecule has 2 aromatic heterocycles. The molecule has 1 fully saturated rings. The summed E-state index contributed by atoms with van der Waals surface area (Å²) in [6, 6.07) is 6.10. The highest BCUT2D eigenvalue weighted by Gasteiger charge is 2.22. The number of thiophene rings is 1. The van der Waals surface area contributed by atoms with Crippen LogP contribution in [0.25, 0.3) is 15.9 Å². The first kappa shape index (κ1) is 18.7. The second-order valence-corrected chi connectivity index (χ2v) is 9.35. The highest BCUT2D eigenvalue weighted by molar-refractivity contribution is 7.99. The number of hydrogen-bond acceptors (Lipinski definition) is 5. The van der Waals surface area contributed by atoms with Gasteiger partial charge in [-0.1, -0.05) is 23.9 Å². The number of nitrogens with zero attached hydrogens (tertiary/aromatic N) is 2. The van der Waals surface area contributed by atoms with E-state index in [4.69, 9.17) is 9.72 Å². The summed E-state index contributed by atoms with van der Waals surface area (Å²) in [4.78, 5) is 20.4. The molecule has 0 aliphatic carbocycles. The Morgan fingerprint density at radius 1 is 1.26 bits per heavy atom. The molecule has 1 aromatic carbocycles. The zero-order valence-electron chi connectivity index (χ0n) is 16.2. The van der Waals surface area contributed by atoms with Crippen molar-refractivity contribution in [1.29, 1.82) is 0 Å². The van der Waals surface area contributed by atoms with Crippen LogP contribution in [0.5, 0.6) is 0 Å². The smallest absolute Gasteiger partial charge is 0.267 e. The van der Waals surface area contributed by atoms with E-state index < -0.39 is 0 Å². The largest absolute Gasteiger partial charge is 0.377 e. The van der Waals surface area contributed by atoms with E-state index in [1.807, 2.05) is 23.6 Å². The predicted octanol–water partition coefficient (Wildman–Crippen LogP) is 4.95. The van der Waals surface area contributed by atoms with Gasteiger partial charge in [0.2, 0.25) is 0 Å². The van der Waals surface area contributed by atoms with Crippen LogP contribution in [0.1, 0.15) is 34.4 Å². The summed E-state index contributed by atoms with van der Waals surface area (Å²) in [5.74, 6) is 0.826. The van der Waals surface area contributed by atoms with Gasteiger partial charge in [0.25, 0.3) is 5.56 Å². The van der Waals surface area contributed by atoms with Crippen LogP contribution >= 0.6 is 23.1 Å². The van der Waals surface area contributed by atoms with Crippen molar-refractivity contribution in [2.45, 2.75) is 51.8 Å². The lowest BCUT2D eigenvalue weighted by molar-refractivity contribution is 0.129. The van der Waals surface area contributed by atoms with Crippen LogP contribution in [0.3, 0.4) is 0 Å². The number of aromatic nitrogens is 2. The van der Waals surface area contributed by atoms with Gasteiger partial charge in [0, 0.05) is 17.2 Å². The zero-order valence-corrected chi connectivity index (χ0v) is 17.8. The summed E-state index contributed by atoms with van der Waals surface area (Å²) >= 11 is 3.24. The predicted molar refractivity (Wildman–Crippen MR) is 114 cm³/mol. The van der Waals surface area contributed by atoms with Gasteiger partial charge in [-0.05, 0) is 63.3 Å². The maximum atomic E-state index is 13.5. The maximum absolute atomic E-state index is 13.5. The molecule has 1 unspecified atom stereocenters. The molecule has 1 atom stereocenters. The molecule has 0 N–H and O–H groups in total. The number of rotatable bonds is 4. The number of ether oxygens (including phenoxy) is 1. The van der Waals surface area contributed by atoms with E-state index in [-0.39, 0.29) is 11.7 Å². The Hall–Kier alpha value is -1.63. The molecule has 3 aromatic rings. The minimum atomic E-state index is 0.0328. The number of fused-ring (bicyclic) bond motifs is 1. The van der Waals surface area contributed by atoms with Gasteiger partial charge in [0.05, 0.1) is 17.2 Å². The van der Waals surface area contributed by atoms with Gasteiger partial charge >= 0.3 is 0 Å². The number of aryl methyl sites for hydroxylation is 3. The van der Waals surface area contributed by atoms with E-state index in [1.54, 1.807) is 23.1 Å². The van der Waals surface area contributed by atoms with Crippen molar-refractivity contribution in [3.63, 3.8) is 0 Å². The molecule has 4 nitrogen and oxygen atoms in total. The van der Waals surface area contributed by atoms with E-state index in [0.29, 0.717) is 0 Å². The van der Waals surface area contributed by atoms with Gasteiger partial charge in [0.15, 0.2) is 5.16 Å². The van der Waals surface area contributed by atoms with E-state index in [0.717, 1.165) is 62.3 Å². The lowest BCUT2D eigenvalue weighted by atomic mass is 10.1. The molecule has 142 valence electrons. The summed E-state index contributed by atoms with van der Waals surface area (Å²) in [7, 11) is 0. The van der Waals surface area contributed by atoms with E-state index in [1.165, 1.54) is 5.56 Å². The Labute approximate surface area is 167 Å². The fraction of sp³-hybridized carbons (Fsp3) is 0.429. The van der Waals surface area contributed by atoms with Crippen molar-refractivity contribution < 1.29 is 4.74 Å². The van der Waals surface area contributed by atoms with Crippen LogP contribution in [-0.4, -0.2) is 28.0 Å². The Kier molecular flexibility index (Phi) is 5.14. The topological polar surface area (TPSA) is 44.1 Å². The van der Waals surface area contributed by atoms with Crippen LogP contribution in [0.4, 0.5) is 0 Å². The Morgan fingerprint density at radius 3 is 2.81 bits per heavy atom. The average Bonchev–Trinajstić information content (AvgIpc) is 3.25. The summed E-state index contributed by atoms with van der Waals surface area (Å²) in [5, 5.41) is 1.51. The second-order valence-electron chi connectivity index (χ2n) is 7.16. The van der Waals surface area contributed by atoms with E-state index >= 15 is 0 Å². The maximum Gasteiger partial charge on any atom is 0.267 e.